The summed E-state index contributed by atoms with van der Waals surface area (Å²) in [5.74, 6) is 0.233. The molecule has 2 heterocycles. The first-order chi connectivity index (χ1) is 8.24. The van der Waals surface area contributed by atoms with Gasteiger partial charge in [0.2, 0.25) is 0 Å². The number of pyridine rings is 1. The van der Waals surface area contributed by atoms with Gasteiger partial charge in [-0.25, -0.2) is 4.98 Å². The van der Waals surface area contributed by atoms with E-state index in [2.05, 4.69) is 20.9 Å². The van der Waals surface area contributed by atoms with Crippen molar-refractivity contribution in [2.45, 2.75) is 0 Å². The number of aromatic nitrogens is 2. The molecule has 0 aliphatic rings. The molecule has 0 aliphatic heterocycles. The van der Waals surface area contributed by atoms with Crippen LogP contribution in [0.1, 0.15) is 0 Å². The highest BCUT2D eigenvalue weighted by atomic mass is 79.9. The first-order valence-electron chi connectivity index (χ1n) is 5.17. The third-order valence-corrected chi connectivity index (χ3v) is 3.09. The zero-order valence-electron chi connectivity index (χ0n) is 8.84. The molecule has 3 rings (SSSR count). The predicted octanol–water partition coefficient (Wildman–Crippen LogP) is 3.47. The van der Waals surface area contributed by atoms with Crippen molar-refractivity contribution in [2.75, 3.05) is 0 Å². The summed E-state index contributed by atoms with van der Waals surface area (Å²) in [6, 6.07) is 11.1. The van der Waals surface area contributed by atoms with Crippen molar-refractivity contribution in [2.24, 2.45) is 0 Å². The van der Waals surface area contributed by atoms with Crippen molar-refractivity contribution in [3.63, 3.8) is 0 Å². The minimum absolute atomic E-state index is 0.233. The quantitative estimate of drug-likeness (QED) is 0.744. The van der Waals surface area contributed by atoms with Crippen LogP contribution >= 0.6 is 15.9 Å². The van der Waals surface area contributed by atoms with Crippen LogP contribution in [0, 0.1) is 0 Å². The summed E-state index contributed by atoms with van der Waals surface area (Å²) in [5, 5.41) is 9.84. The zero-order valence-corrected chi connectivity index (χ0v) is 10.4. The summed E-state index contributed by atoms with van der Waals surface area (Å²) in [5.41, 5.74) is 2.35. The maximum atomic E-state index is 9.84. The first kappa shape index (κ1) is 10.4. The molecular formula is C13H9BrN2O. The Bertz CT molecular complexity index is 658. The van der Waals surface area contributed by atoms with E-state index in [4.69, 9.17) is 0 Å². The third-order valence-electron chi connectivity index (χ3n) is 2.60. The van der Waals surface area contributed by atoms with Gasteiger partial charge in [0.15, 0.2) is 0 Å². The molecule has 84 valence electrons. The van der Waals surface area contributed by atoms with Crippen LogP contribution in [0.15, 0.2) is 53.3 Å². The lowest BCUT2D eigenvalue weighted by atomic mass is 10.1. The topological polar surface area (TPSA) is 37.5 Å². The van der Waals surface area contributed by atoms with Crippen LogP contribution in [0.25, 0.3) is 16.9 Å². The van der Waals surface area contributed by atoms with Gasteiger partial charge in [0.05, 0.1) is 5.69 Å². The zero-order chi connectivity index (χ0) is 11.8. The Morgan fingerprint density at radius 1 is 1.18 bits per heavy atom. The molecule has 4 heteroatoms. The Morgan fingerprint density at radius 2 is 2.06 bits per heavy atom. The number of fused-ring (bicyclic) bond motifs is 1. The number of phenolic OH excluding ortho intramolecular Hbond substituents is 1. The van der Waals surface area contributed by atoms with Crippen molar-refractivity contribution in [1.29, 1.82) is 0 Å². The van der Waals surface area contributed by atoms with Gasteiger partial charge >= 0.3 is 0 Å². The number of halogens is 1. The molecule has 0 aliphatic carbocycles. The summed E-state index contributed by atoms with van der Waals surface area (Å²) in [6.07, 6.45) is 3.83. The molecule has 0 radical (unpaired) electrons. The molecular weight excluding hydrogens is 280 g/mol. The molecule has 0 bridgehead atoms. The lowest BCUT2D eigenvalue weighted by Crippen LogP contribution is -1.79. The average Bonchev–Trinajstić information content (AvgIpc) is 2.75. The minimum Gasteiger partial charge on any atom is -0.507 e. The number of aromatic hydroxyl groups is 1. The van der Waals surface area contributed by atoms with Crippen LogP contribution < -0.4 is 0 Å². The number of benzene rings is 1. The second-order valence-electron chi connectivity index (χ2n) is 3.75. The van der Waals surface area contributed by atoms with Crippen LogP contribution in [-0.2, 0) is 0 Å². The van der Waals surface area contributed by atoms with Crippen LogP contribution in [-0.4, -0.2) is 14.5 Å². The number of imidazole rings is 1. The second-order valence-corrected chi connectivity index (χ2v) is 4.67. The van der Waals surface area contributed by atoms with E-state index >= 15 is 0 Å². The van der Waals surface area contributed by atoms with E-state index in [1.54, 1.807) is 12.1 Å². The maximum Gasteiger partial charge on any atom is 0.137 e. The minimum atomic E-state index is 0.233. The lowest BCUT2D eigenvalue weighted by molar-refractivity contribution is 0.477. The van der Waals surface area contributed by atoms with E-state index in [1.165, 1.54) is 0 Å². The van der Waals surface area contributed by atoms with E-state index in [1.807, 2.05) is 41.1 Å². The number of hydrogen-bond donors (Lipinski definition) is 1. The van der Waals surface area contributed by atoms with Crippen molar-refractivity contribution in [3.8, 4) is 17.0 Å². The van der Waals surface area contributed by atoms with E-state index in [0.29, 0.717) is 0 Å². The van der Waals surface area contributed by atoms with Crippen LogP contribution in [0.3, 0.4) is 0 Å². The van der Waals surface area contributed by atoms with Crippen molar-refractivity contribution in [1.82, 2.24) is 9.38 Å². The summed E-state index contributed by atoms with van der Waals surface area (Å²) >= 11 is 3.39. The van der Waals surface area contributed by atoms with Crippen molar-refractivity contribution < 1.29 is 5.11 Å². The maximum absolute atomic E-state index is 9.84. The van der Waals surface area contributed by atoms with Gasteiger partial charge in [0.1, 0.15) is 11.4 Å². The Hall–Kier alpha value is -1.81. The Kier molecular flexibility index (Phi) is 2.37. The normalized spacial score (nSPS) is 10.9. The molecule has 0 unspecified atom stereocenters. The molecule has 0 saturated carbocycles. The highest BCUT2D eigenvalue weighted by Crippen LogP contribution is 2.31. The summed E-state index contributed by atoms with van der Waals surface area (Å²) in [7, 11) is 0. The molecule has 2 aromatic heterocycles. The molecule has 0 saturated heterocycles. The van der Waals surface area contributed by atoms with Crippen molar-refractivity contribution in [3.05, 3.63) is 53.3 Å². The SMILES string of the molecule is Oc1ccc(Br)cc1-c1cn2ccccc2n1. The van der Waals surface area contributed by atoms with Gasteiger partial charge in [0.25, 0.3) is 0 Å². The number of hydrogen-bond acceptors (Lipinski definition) is 2. The van der Waals surface area contributed by atoms with Gasteiger partial charge in [-0.2, -0.15) is 0 Å². The lowest BCUT2D eigenvalue weighted by Gasteiger charge is -2.00. The number of rotatable bonds is 1. The number of nitrogens with zero attached hydrogens (tertiary/aromatic N) is 2. The first-order valence-corrected chi connectivity index (χ1v) is 5.96. The highest BCUT2D eigenvalue weighted by Gasteiger charge is 2.08. The van der Waals surface area contributed by atoms with E-state index in [9.17, 15) is 5.11 Å². The fourth-order valence-electron chi connectivity index (χ4n) is 1.78. The van der Waals surface area contributed by atoms with E-state index < -0.39 is 0 Å². The van der Waals surface area contributed by atoms with E-state index in [-0.39, 0.29) is 5.75 Å². The molecule has 0 atom stereocenters. The van der Waals surface area contributed by atoms with Crippen LogP contribution in [0.2, 0.25) is 0 Å². The molecule has 0 amide bonds. The highest BCUT2D eigenvalue weighted by molar-refractivity contribution is 9.10. The number of phenols is 1. The van der Waals surface area contributed by atoms with Gasteiger partial charge in [-0.3, -0.25) is 0 Å². The molecule has 1 N–H and O–H groups in total. The fourth-order valence-corrected chi connectivity index (χ4v) is 2.14. The Labute approximate surface area is 106 Å². The summed E-state index contributed by atoms with van der Waals surface area (Å²) in [6.45, 7) is 0. The molecule has 17 heavy (non-hydrogen) atoms. The van der Waals surface area contributed by atoms with Crippen LogP contribution in [0.5, 0.6) is 5.75 Å². The molecule has 1 aromatic carbocycles. The van der Waals surface area contributed by atoms with Gasteiger partial charge in [-0.1, -0.05) is 22.0 Å². The molecule has 0 spiro atoms. The Balaban J connectivity index is 2.23. The fraction of sp³-hybridized carbons (Fsp3) is 0. The summed E-state index contributed by atoms with van der Waals surface area (Å²) < 4.78 is 2.85. The van der Waals surface area contributed by atoms with Gasteiger partial charge < -0.3 is 9.51 Å². The molecule has 3 nitrogen and oxygen atoms in total. The summed E-state index contributed by atoms with van der Waals surface area (Å²) in [4.78, 5) is 4.47. The van der Waals surface area contributed by atoms with E-state index in [0.717, 1.165) is 21.4 Å². The second kappa shape index (κ2) is 3.89. The van der Waals surface area contributed by atoms with Crippen LogP contribution in [0.4, 0.5) is 0 Å². The van der Waals surface area contributed by atoms with Gasteiger partial charge in [-0.05, 0) is 30.3 Å². The van der Waals surface area contributed by atoms with Crippen molar-refractivity contribution >= 4 is 21.6 Å². The van der Waals surface area contributed by atoms with Gasteiger partial charge in [-0.15, -0.1) is 0 Å². The monoisotopic (exact) mass is 288 g/mol. The Morgan fingerprint density at radius 3 is 2.88 bits per heavy atom. The molecule has 0 fully saturated rings. The van der Waals surface area contributed by atoms with Gasteiger partial charge in [0, 0.05) is 22.4 Å². The third kappa shape index (κ3) is 1.80. The standard InChI is InChI=1S/C13H9BrN2O/c14-9-4-5-12(17)10(7-9)11-8-16-6-2-1-3-13(16)15-11/h1-8,17H. The molecule has 3 aromatic rings. The average molecular weight is 289 g/mol. The predicted molar refractivity (Wildman–Crippen MR) is 70.0 cm³/mol. The largest absolute Gasteiger partial charge is 0.507 e. The smallest absolute Gasteiger partial charge is 0.137 e.